The van der Waals surface area contributed by atoms with E-state index in [0.29, 0.717) is 18.3 Å². The molecule has 0 atom stereocenters. The number of benzene rings is 1. The molecule has 6 heteroatoms. The van der Waals surface area contributed by atoms with Gasteiger partial charge >= 0.3 is 6.07 Å². The summed E-state index contributed by atoms with van der Waals surface area (Å²) in [5, 5.41) is 10.5. The van der Waals surface area contributed by atoms with Crippen molar-refractivity contribution in [1.82, 2.24) is 9.97 Å². The smallest absolute Gasteiger partial charge is 0.352 e. The third-order valence-electron chi connectivity index (χ3n) is 5.38. The van der Waals surface area contributed by atoms with Crippen molar-refractivity contribution in [3.8, 4) is 11.8 Å². The summed E-state index contributed by atoms with van der Waals surface area (Å²) in [7, 11) is 0. The molecule has 0 radical (unpaired) electrons. The van der Waals surface area contributed by atoms with Crippen LogP contribution in [0.3, 0.4) is 0 Å². The summed E-state index contributed by atoms with van der Waals surface area (Å²) in [6.07, 6.45) is 7.43. The number of fused-ring (bicyclic) bond motifs is 1. The van der Waals surface area contributed by atoms with E-state index in [1.807, 2.05) is 18.2 Å². The Labute approximate surface area is 159 Å². The average Bonchev–Trinajstić information content (AvgIpc) is 2.71. The Hall–Kier alpha value is -2.23. The Bertz CT molecular complexity index is 831. The van der Waals surface area contributed by atoms with Crippen LogP contribution >= 0.6 is 0 Å². The van der Waals surface area contributed by atoms with E-state index < -0.39 is 0 Å². The quantitative estimate of drug-likeness (QED) is 0.899. The summed E-state index contributed by atoms with van der Waals surface area (Å²) in [5.74, 6) is 1.79. The monoisotopic (exact) mass is 368 g/mol. The van der Waals surface area contributed by atoms with Gasteiger partial charge < -0.3 is 14.6 Å². The molecule has 4 rings (SSSR count). The Balaban J connectivity index is 1.47. The molecule has 0 unspecified atom stereocenters. The molecule has 1 aliphatic heterocycles. The van der Waals surface area contributed by atoms with Gasteiger partial charge in [0, 0.05) is 30.3 Å². The predicted octanol–water partition coefficient (Wildman–Crippen LogP) is 3.42. The fourth-order valence-corrected chi connectivity index (χ4v) is 3.72. The van der Waals surface area contributed by atoms with Crippen molar-refractivity contribution in [3.05, 3.63) is 35.1 Å². The highest BCUT2D eigenvalue weighted by atomic mass is 16.5. The lowest BCUT2D eigenvalue weighted by atomic mass is 9.88. The number of hydrogen-bond donors (Lipinski definition) is 1. The van der Waals surface area contributed by atoms with E-state index in [2.05, 4.69) is 20.9 Å². The second kappa shape index (κ2) is 8.64. The van der Waals surface area contributed by atoms with Crippen LogP contribution in [-0.2, 0) is 4.74 Å². The fraction of sp³-hybridized carbons (Fsp3) is 0.571. The molecule has 1 saturated carbocycles. The second-order valence-corrected chi connectivity index (χ2v) is 7.44. The summed E-state index contributed by atoms with van der Waals surface area (Å²) in [4.78, 5) is 13.4. The molecule has 1 aromatic heterocycles. The minimum atomic E-state index is -0.132. The first-order valence-corrected chi connectivity index (χ1v) is 9.88. The van der Waals surface area contributed by atoms with Crippen LogP contribution in [0.5, 0.6) is 5.75 Å². The first-order valence-electron chi connectivity index (χ1n) is 9.88. The molecule has 1 aromatic carbocycles. The average molecular weight is 368 g/mol. The van der Waals surface area contributed by atoms with Crippen LogP contribution in [0, 0.1) is 12.0 Å². The van der Waals surface area contributed by atoms with Crippen LogP contribution in [0.1, 0.15) is 44.3 Å². The maximum Gasteiger partial charge on any atom is 0.352 e. The lowest BCUT2D eigenvalue weighted by Crippen LogP contribution is -2.26. The minimum Gasteiger partial charge on any atom is -0.488 e. The van der Waals surface area contributed by atoms with Gasteiger partial charge in [-0.2, -0.15) is 0 Å². The van der Waals surface area contributed by atoms with Crippen molar-refractivity contribution >= 4 is 10.9 Å². The molecule has 0 bridgehead atoms. The Kier molecular flexibility index (Phi) is 5.81. The van der Waals surface area contributed by atoms with Crippen molar-refractivity contribution in [1.29, 1.82) is 0 Å². The van der Waals surface area contributed by atoms with E-state index >= 15 is 0 Å². The van der Waals surface area contributed by atoms with Gasteiger partial charge in [0.15, 0.2) is 0 Å². The summed E-state index contributed by atoms with van der Waals surface area (Å²) >= 11 is 0. The molecule has 1 N–H and O–H groups in total. The van der Waals surface area contributed by atoms with Crippen LogP contribution in [0.15, 0.2) is 24.4 Å². The molecular formula is C21H26N3O3+. The minimum absolute atomic E-state index is 0.132. The number of para-hydroxylation sites is 1. The number of nitrogens with zero attached hydrogens (tertiary/aromatic N) is 3. The standard InChI is InChI=1S/C21H26N3O3/c25-17-6-4-15(5-7-17)12-22-14-20-23-13-16-2-1-3-19(21(16)24-20)27-18-8-10-26-11-9-18/h1-3,13,15,17-18,25H,4-12H2/q+1. The van der Waals surface area contributed by atoms with E-state index in [0.717, 1.165) is 68.4 Å². The highest BCUT2D eigenvalue weighted by Crippen LogP contribution is 2.26. The van der Waals surface area contributed by atoms with Crippen molar-refractivity contribution < 1.29 is 14.6 Å². The summed E-state index contributed by atoms with van der Waals surface area (Å²) < 4.78 is 11.6. The first-order chi connectivity index (χ1) is 13.3. The van der Waals surface area contributed by atoms with Gasteiger partial charge in [-0.25, -0.2) is 9.97 Å². The van der Waals surface area contributed by atoms with Gasteiger partial charge in [-0.1, -0.05) is 17.0 Å². The number of rotatable bonds is 3. The molecule has 0 amide bonds. The lowest BCUT2D eigenvalue weighted by molar-refractivity contribution is 0.0261. The molecule has 2 heterocycles. The van der Waals surface area contributed by atoms with Crippen LogP contribution in [-0.4, -0.2) is 47.0 Å². The van der Waals surface area contributed by atoms with Crippen molar-refractivity contribution in [2.75, 3.05) is 19.8 Å². The zero-order valence-electron chi connectivity index (χ0n) is 15.5. The van der Waals surface area contributed by atoms with Crippen LogP contribution in [0.25, 0.3) is 15.7 Å². The molecule has 142 valence electrons. The van der Waals surface area contributed by atoms with Gasteiger partial charge in [0.05, 0.1) is 19.3 Å². The zero-order valence-corrected chi connectivity index (χ0v) is 15.5. The molecule has 2 aromatic rings. The molecule has 6 nitrogen and oxygen atoms in total. The van der Waals surface area contributed by atoms with E-state index in [4.69, 9.17) is 9.47 Å². The summed E-state index contributed by atoms with van der Waals surface area (Å²) in [6, 6.07) is 8.90. The number of aliphatic hydroxyl groups is 1. The highest BCUT2D eigenvalue weighted by molar-refractivity contribution is 5.83. The second-order valence-electron chi connectivity index (χ2n) is 7.44. The van der Waals surface area contributed by atoms with Crippen LogP contribution in [0.4, 0.5) is 0 Å². The summed E-state index contributed by atoms with van der Waals surface area (Å²) in [6.45, 7) is 2.21. The fourth-order valence-electron chi connectivity index (χ4n) is 3.72. The van der Waals surface area contributed by atoms with E-state index in [-0.39, 0.29) is 12.2 Å². The van der Waals surface area contributed by atoms with Crippen LogP contribution < -0.4 is 4.74 Å². The molecular weight excluding hydrogens is 342 g/mol. The first kappa shape index (κ1) is 18.1. The van der Waals surface area contributed by atoms with Gasteiger partial charge in [0.1, 0.15) is 17.4 Å². The van der Waals surface area contributed by atoms with E-state index in [1.165, 1.54) is 0 Å². The van der Waals surface area contributed by atoms with E-state index in [9.17, 15) is 5.11 Å². The Morgan fingerprint density at radius 3 is 2.78 bits per heavy atom. The third kappa shape index (κ3) is 4.74. The lowest BCUT2D eigenvalue weighted by Gasteiger charge is -2.23. The molecule has 1 saturated heterocycles. The predicted molar refractivity (Wildman–Crippen MR) is 103 cm³/mol. The molecule has 0 spiro atoms. The molecule has 2 aliphatic rings. The summed E-state index contributed by atoms with van der Waals surface area (Å²) in [5.41, 5.74) is 0.803. The Morgan fingerprint density at radius 2 is 1.96 bits per heavy atom. The van der Waals surface area contributed by atoms with Crippen molar-refractivity contribution in [2.24, 2.45) is 5.92 Å². The number of ether oxygens (including phenoxy) is 2. The van der Waals surface area contributed by atoms with Gasteiger partial charge in [-0.15, -0.1) is 0 Å². The maximum absolute atomic E-state index is 9.59. The Morgan fingerprint density at radius 1 is 1.15 bits per heavy atom. The van der Waals surface area contributed by atoms with E-state index in [1.54, 1.807) is 6.20 Å². The largest absolute Gasteiger partial charge is 0.488 e. The molecule has 1 aliphatic carbocycles. The molecule has 2 fully saturated rings. The van der Waals surface area contributed by atoms with Gasteiger partial charge in [0.2, 0.25) is 0 Å². The van der Waals surface area contributed by atoms with Crippen molar-refractivity contribution in [3.63, 3.8) is 0 Å². The number of hydrogen-bond acceptors (Lipinski definition) is 5. The maximum atomic E-state index is 9.59. The SMILES string of the molecule is OC1CCC(C[N+]#Cc2ncc3cccc(OC4CCOCC4)c3n2)CC1. The number of aliphatic hydroxyl groups excluding tert-OH is 1. The van der Waals surface area contributed by atoms with Crippen molar-refractivity contribution in [2.45, 2.75) is 50.7 Å². The van der Waals surface area contributed by atoms with Crippen LogP contribution in [0.2, 0.25) is 0 Å². The van der Waals surface area contributed by atoms with Gasteiger partial charge in [0.25, 0.3) is 12.4 Å². The normalized spacial score (nSPS) is 23.6. The highest BCUT2D eigenvalue weighted by Gasteiger charge is 2.22. The molecule has 27 heavy (non-hydrogen) atoms. The van der Waals surface area contributed by atoms with Gasteiger partial charge in [-0.05, 0) is 31.7 Å². The zero-order chi connectivity index (χ0) is 18.5. The third-order valence-corrected chi connectivity index (χ3v) is 5.38. The van der Waals surface area contributed by atoms with Gasteiger partial charge in [-0.3, -0.25) is 0 Å². The number of aromatic nitrogens is 2. The topological polar surface area (TPSA) is 68.8 Å².